The first kappa shape index (κ1) is 23.2. The summed E-state index contributed by atoms with van der Waals surface area (Å²) in [5.41, 5.74) is 6.41. The predicted octanol–water partition coefficient (Wildman–Crippen LogP) is 6.67. The summed E-state index contributed by atoms with van der Waals surface area (Å²) in [6, 6.07) is 26.9. The van der Waals surface area contributed by atoms with Gasteiger partial charge in [-0.25, -0.2) is 9.78 Å². The van der Waals surface area contributed by atoms with E-state index in [0.29, 0.717) is 5.15 Å². The van der Waals surface area contributed by atoms with Crippen molar-refractivity contribution in [2.45, 2.75) is 18.8 Å². The molecule has 4 aromatic rings. The summed E-state index contributed by atoms with van der Waals surface area (Å²) < 4.78 is 0. The van der Waals surface area contributed by atoms with Crippen molar-refractivity contribution in [3.8, 4) is 11.1 Å². The Hall–Kier alpha value is -3.96. The zero-order chi connectivity index (χ0) is 23.9. The van der Waals surface area contributed by atoms with Crippen LogP contribution in [0.25, 0.3) is 11.1 Å². The van der Waals surface area contributed by atoms with Crippen molar-refractivity contribution in [3.63, 3.8) is 0 Å². The molecule has 170 valence electrons. The van der Waals surface area contributed by atoms with Crippen LogP contribution >= 0.6 is 11.6 Å². The molecule has 1 heterocycles. The van der Waals surface area contributed by atoms with Gasteiger partial charge in [-0.15, -0.1) is 0 Å². The van der Waals surface area contributed by atoms with Gasteiger partial charge in [0.25, 0.3) is 0 Å². The molecule has 0 radical (unpaired) electrons. The fourth-order valence-electron chi connectivity index (χ4n) is 4.12. The Kier molecular flexibility index (Phi) is 7.35. The predicted molar refractivity (Wildman–Crippen MR) is 134 cm³/mol. The van der Waals surface area contributed by atoms with Gasteiger partial charge in [-0.1, -0.05) is 77.4 Å². The van der Waals surface area contributed by atoms with Gasteiger partial charge in [0.15, 0.2) is 0 Å². The average molecular weight is 471 g/mol. The molecular formula is C28H23ClN2O3. The van der Waals surface area contributed by atoms with Crippen LogP contribution in [0.4, 0.5) is 0 Å². The van der Waals surface area contributed by atoms with E-state index in [4.69, 9.17) is 21.9 Å². The first-order valence-electron chi connectivity index (χ1n) is 10.9. The van der Waals surface area contributed by atoms with Gasteiger partial charge < -0.3 is 10.3 Å². The Morgan fingerprint density at radius 3 is 2.29 bits per heavy atom. The molecule has 2 N–H and O–H groups in total. The number of aromatic carboxylic acids is 1. The third-order valence-corrected chi connectivity index (χ3v) is 6.07. The molecule has 4 rings (SSSR count). The minimum absolute atomic E-state index is 0.0398. The van der Waals surface area contributed by atoms with Gasteiger partial charge in [0, 0.05) is 12.1 Å². The third kappa shape index (κ3) is 5.50. The number of hydrogen-bond acceptors (Lipinski definition) is 4. The summed E-state index contributed by atoms with van der Waals surface area (Å²) in [6.45, 7) is 0. The minimum Gasteiger partial charge on any atom is -0.478 e. The van der Waals surface area contributed by atoms with E-state index in [-0.39, 0.29) is 11.5 Å². The largest absolute Gasteiger partial charge is 0.478 e. The molecule has 0 saturated heterocycles. The number of carboxylic acid groups (broad SMARTS) is 1. The molecule has 0 aliphatic rings. The smallest absolute Gasteiger partial charge is 0.335 e. The second-order valence-electron chi connectivity index (χ2n) is 7.96. The normalized spacial score (nSPS) is 12.0. The SMILES string of the molecule is O=C(O)c1ccc(-c2ccc(CC[C@H](c3ccnc(Cl)c3)c3ccccc3/C=N/O)cc2)cc1. The number of pyridine rings is 1. The van der Waals surface area contributed by atoms with Crippen LogP contribution in [0.2, 0.25) is 5.15 Å². The van der Waals surface area contributed by atoms with Gasteiger partial charge in [-0.3, -0.25) is 0 Å². The summed E-state index contributed by atoms with van der Waals surface area (Å²) in [6.07, 6.45) is 4.81. The molecule has 6 heteroatoms. The van der Waals surface area contributed by atoms with Crippen molar-refractivity contribution in [2.24, 2.45) is 5.16 Å². The van der Waals surface area contributed by atoms with Crippen LogP contribution in [-0.2, 0) is 6.42 Å². The first-order chi connectivity index (χ1) is 16.5. The van der Waals surface area contributed by atoms with Crippen LogP contribution in [0.15, 0.2) is 96.3 Å². The summed E-state index contributed by atoms with van der Waals surface area (Å²) in [7, 11) is 0. The van der Waals surface area contributed by atoms with Gasteiger partial charge in [-0.2, -0.15) is 0 Å². The first-order valence-corrected chi connectivity index (χ1v) is 11.2. The van der Waals surface area contributed by atoms with Crippen LogP contribution in [-0.4, -0.2) is 27.5 Å². The lowest BCUT2D eigenvalue weighted by atomic mass is 9.84. The second kappa shape index (κ2) is 10.8. The maximum absolute atomic E-state index is 11.1. The van der Waals surface area contributed by atoms with Gasteiger partial charge in [0.1, 0.15) is 5.15 Å². The lowest BCUT2D eigenvalue weighted by Crippen LogP contribution is -2.07. The Morgan fingerprint density at radius 2 is 1.65 bits per heavy atom. The summed E-state index contributed by atoms with van der Waals surface area (Å²) in [5.74, 6) is -0.892. The standard InChI is InChI=1S/C28H23ClN2O3/c29-27-17-23(15-16-30-27)26(25-4-2-1-3-24(25)18-31-34)14-7-19-5-8-20(9-6-19)21-10-12-22(13-11-21)28(32)33/h1-6,8-13,15-18,26,34H,7,14H2,(H,32,33)/b31-18+/t26-/m1/s1. The molecule has 0 aliphatic carbocycles. The second-order valence-corrected chi connectivity index (χ2v) is 8.34. The highest BCUT2D eigenvalue weighted by Gasteiger charge is 2.18. The van der Waals surface area contributed by atoms with E-state index in [2.05, 4.69) is 34.4 Å². The molecule has 0 unspecified atom stereocenters. The lowest BCUT2D eigenvalue weighted by molar-refractivity contribution is 0.0697. The van der Waals surface area contributed by atoms with E-state index < -0.39 is 5.97 Å². The monoisotopic (exact) mass is 470 g/mol. The average Bonchev–Trinajstić information content (AvgIpc) is 2.86. The topological polar surface area (TPSA) is 82.8 Å². The quantitative estimate of drug-likeness (QED) is 0.130. The zero-order valence-electron chi connectivity index (χ0n) is 18.3. The number of carbonyl (C=O) groups is 1. The number of halogens is 1. The molecule has 34 heavy (non-hydrogen) atoms. The van der Waals surface area contributed by atoms with Crippen molar-refractivity contribution in [2.75, 3.05) is 0 Å². The Balaban J connectivity index is 1.56. The van der Waals surface area contributed by atoms with Crippen LogP contribution in [0.1, 0.15) is 45.0 Å². The molecule has 0 fully saturated rings. The molecule has 0 aliphatic heterocycles. The maximum Gasteiger partial charge on any atom is 0.335 e. The van der Waals surface area contributed by atoms with E-state index in [1.165, 1.54) is 11.8 Å². The van der Waals surface area contributed by atoms with Crippen molar-refractivity contribution >= 4 is 23.8 Å². The molecule has 0 bridgehead atoms. The van der Waals surface area contributed by atoms with Crippen molar-refractivity contribution < 1.29 is 15.1 Å². The highest BCUT2D eigenvalue weighted by Crippen LogP contribution is 2.32. The number of nitrogens with zero attached hydrogens (tertiary/aromatic N) is 2. The van der Waals surface area contributed by atoms with E-state index in [0.717, 1.165) is 40.7 Å². The number of aromatic nitrogens is 1. The van der Waals surface area contributed by atoms with Crippen LogP contribution in [0.5, 0.6) is 0 Å². The lowest BCUT2D eigenvalue weighted by Gasteiger charge is -2.20. The number of carboxylic acids is 1. The molecule has 1 aromatic heterocycles. The highest BCUT2D eigenvalue weighted by atomic mass is 35.5. The summed E-state index contributed by atoms with van der Waals surface area (Å²) >= 11 is 6.19. The van der Waals surface area contributed by atoms with Crippen LogP contribution in [0.3, 0.4) is 0 Å². The molecule has 5 nitrogen and oxygen atoms in total. The third-order valence-electron chi connectivity index (χ3n) is 5.86. The molecule has 0 spiro atoms. The maximum atomic E-state index is 11.1. The van der Waals surface area contributed by atoms with Gasteiger partial charge in [0.05, 0.1) is 11.8 Å². The van der Waals surface area contributed by atoms with E-state index in [1.807, 2.05) is 48.5 Å². The van der Waals surface area contributed by atoms with E-state index >= 15 is 0 Å². The Bertz CT molecular complexity index is 1300. The van der Waals surface area contributed by atoms with Crippen molar-refractivity contribution in [1.82, 2.24) is 4.98 Å². The fourth-order valence-corrected chi connectivity index (χ4v) is 4.31. The molecular weight excluding hydrogens is 448 g/mol. The number of oxime groups is 1. The summed E-state index contributed by atoms with van der Waals surface area (Å²) in [4.78, 5) is 15.2. The van der Waals surface area contributed by atoms with Gasteiger partial charge in [0.2, 0.25) is 0 Å². The van der Waals surface area contributed by atoms with E-state index in [1.54, 1.807) is 18.3 Å². The fraction of sp³-hybridized carbons (Fsp3) is 0.107. The van der Waals surface area contributed by atoms with Crippen molar-refractivity contribution in [1.29, 1.82) is 0 Å². The number of benzene rings is 3. The Labute approximate surface area is 203 Å². The van der Waals surface area contributed by atoms with Gasteiger partial charge >= 0.3 is 5.97 Å². The number of hydrogen-bond donors (Lipinski definition) is 2. The zero-order valence-corrected chi connectivity index (χ0v) is 19.1. The minimum atomic E-state index is -0.932. The van der Waals surface area contributed by atoms with Crippen LogP contribution < -0.4 is 0 Å². The van der Waals surface area contributed by atoms with Crippen molar-refractivity contribution in [3.05, 3.63) is 124 Å². The molecule has 0 amide bonds. The number of rotatable bonds is 8. The van der Waals surface area contributed by atoms with E-state index in [9.17, 15) is 4.79 Å². The van der Waals surface area contributed by atoms with Crippen LogP contribution in [0, 0.1) is 0 Å². The highest BCUT2D eigenvalue weighted by molar-refractivity contribution is 6.29. The van der Waals surface area contributed by atoms with Gasteiger partial charge in [-0.05, 0) is 70.5 Å². The molecule has 1 atom stereocenters. The molecule has 3 aromatic carbocycles. The number of aryl methyl sites for hydroxylation is 1. The molecule has 0 saturated carbocycles. The summed E-state index contributed by atoms with van der Waals surface area (Å²) in [5, 5.41) is 21.9. The Morgan fingerprint density at radius 1 is 0.971 bits per heavy atom.